The molecule has 0 saturated carbocycles. The lowest BCUT2D eigenvalue weighted by atomic mass is 10.4. The van der Waals surface area contributed by atoms with Crippen molar-refractivity contribution in [1.29, 1.82) is 0 Å². The van der Waals surface area contributed by atoms with Crippen molar-refractivity contribution in [2.75, 3.05) is 5.75 Å². The van der Waals surface area contributed by atoms with E-state index in [-0.39, 0.29) is 0 Å². The molecule has 0 aliphatic heterocycles. The first kappa shape index (κ1) is 11.1. The molecule has 1 aromatic rings. The minimum Gasteiger partial charge on any atom is -0.480 e. The van der Waals surface area contributed by atoms with E-state index in [9.17, 15) is 4.79 Å². The largest absolute Gasteiger partial charge is 0.480 e. The van der Waals surface area contributed by atoms with Gasteiger partial charge in [-0.2, -0.15) is 16.9 Å². The summed E-state index contributed by atoms with van der Waals surface area (Å²) >= 11 is 1.50. The van der Waals surface area contributed by atoms with Crippen LogP contribution in [0.1, 0.15) is 5.56 Å². The van der Waals surface area contributed by atoms with E-state index in [0.29, 0.717) is 5.75 Å². The lowest BCUT2D eigenvalue weighted by molar-refractivity contribution is -0.137. The van der Waals surface area contributed by atoms with Gasteiger partial charge in [-0.25, -0.2) is 0 Å². The highest BCUT2D eigenvalue weighted by molar-refractivity contribution is 7.98. The molecule has 78 valence electrons. The molecule has 1 rings (SSSR count). The Morgan fingerprint density at radius 3 is 3.07 bits per heavy atom. The van der Waals surface area contributed by atoms with Crippen LogP contribution in [-0.4, -0.2) is 32.7 Å². The van der Waals surface area contributed by atoms with Gasteiger partial charge in [0.15, 0.2) is 0 Å². The fraction of sp³-hybridized carbons (Fsp3) is 0.500. The summed E-state index contributed by atoms with van der Waals surface area (Å²) in [4.78, 5) is 10.4. The Kier molecular flexibility index (Phi) is 3.97. The molecule has 6 heteroatoms. The molecule has 0 amide bonds. The number of aromatic nitrogens is 2. The average Bonchev–Trinajstić information content (AvgIpc) is 2.51. The van der Waals surface area contributed by atoms with Crippen molar-refractivity contribution < 1.29 is 9.90 Å². The minimum atomic E-state index is -0.955. The predicted octanol–water partition coefficient (Wildman–Crippen LogP) is 0.0652. The van der Waals surface area contributed by atoms with Gasteiger partial charge in [0.25, 0.3) is 0 Å². The van der Waals surface area contributed by atoms with Gasteiger partial charge in [0.2, 0.25) is 0 Å². The molecule has 1 aromatic heterocycles. The minimum absolute atomic E-state index is 0.421. The molecule has 1 atom stereocenters. The second-order valence-electron chi connectivity index (χ2n) is 2.98. The molecule has 0 saturated heterocycles. The van der Waals surface area contributed by atoms with Gasteiger partial charge >= 0.3 is 5.97 Å². The van der Waals surface area contributed by atoms with Gasteiger partial charge in [0, 0.05) is 24.8 Å². The van der Waals surface area contributed by atoms with E-state index in [1.807, 2.05) is 13.2 Å². The molecule has 0 aliphatic carbocycles. The Bertz CT molecular complexity index is 313. The number of thioether (sulfide) groups is 1. The Hall–Kier alpha value is -1.01. The third-order valence-electron chi connectivity index (χ3n) is 1.64. The standard InChI is InChI=1S/C8H13N3O2S/c1-11-3-6(2-10-11)4-14-5-7(9)8(12)13/h2-3,7H,4-5,9H2,1H3,(H,12,13)/t7-/m1/s1. The van der Waals surface area contributed by atoms with Gasteiger partial charge < -0.3 is 10.8 Å². The summed E-state index contributed by atoms with van der Waals surface area (Å²) in [6.07, 6.45) is 3.67. The summed E-state index contributed by atoms with van der Waals surface area (Å²) in [6.45, 7) is 0. The summed E-state index contributed by atoms with van der Waals surface area (Å²) < 4.78 is 1.72. The van der Waals surface area contributed by atoms with E-state index in [2.05, 4.69) is 5.10 Å². The van der Waals surface area contributed by atoms with Crippen molar-refractivity contribution in [3.8, 4) is 0 Å². The number of hydrogen-bond donors (Lipinski definition) is 2. The first-order valence-corrected chi connectivity index (χ1v) is 5.28. The number of carboxylic acid groups (broad SMARTS) is 1. The number of aliphatic carboxylic acids is 1. The van der Waals surface area contributed by atoms with E-state index in [4.69, 9.17) is 10.8 Å². The summed E-state index contributed by atoms with van der Waals surface area (Å²) in [7, 11) is 1.84. The highest BCUT2D eigenvalue weighted by Crippen LogP contribution is 2.11. The van der Waals surface area contributed by atoms with Crippen LogP contribution in [0.4, 0.5) is 0 Å². The molecule has 0 radical (unpaired) electrons. The van der Waals surface area contributed by atoms with Gasteiger partial charge in [0.05, 0.1) is 6.20 Å². The van der Waals surface area contributed by atoms with Crippen LogP contribution in [0, 0.1) is 0 Å². The smallest absolute Gasteiger partial charge is 0.321 e. The fourth-order valence-electron chi connectivity index (χ4n) is 0.921. The van der Waals surface area contributed by atoms with Gasteiger partial charge in [-0.1, -0.05) is 0 Å². The van der Waals surface area contributed by atoms with Crippen LogP contribution in [0.15, 0.2) is 12.4 Å². The zero-order valence-electron chi connectivity index (χ0n) is 7.88. The second kappa shape index (κ2) is 5.02. The van der Waals surface area contributed by atoms with E-state index in [0.717, 1.165) is 11.3 Å². The fourth-order valence-corrected chi connectivity index (χ4v) is 1.82. The van der Waals surface area contributed by atoms with E-state index < -0.39 is 12.0 Å². The van der Waals surface area contributed by atoms with E-state index in [1.54, 1.807) is 10.9 Å². The molecule has 14 heavy (non-hydrogen) atoms. The van der Waals surface area contributed by atoms with Crippen molar-refractivity contribution >= 4 is 17.7 Å². The highest BCUT2D eigenvalue weighted by atomic mass is 32.2. The quantitative estimate of drug-likeness (QED) is 0.726. The van der Waals surface area contributed by atoms with Crippen LogP contribution in [0.3, 0.4) is 0 Å². The van der Waals surface area contributed by atoms with Crippen molar-refractivity contribution in [2.24, 2.45) is 12.8 Å². The third kappa shape index (κ3) is 3.39. The van der Waals surface area contributed by atoms with Crippen molar-refractivity contribution in [3.63, 3.8) is 0 Å². The normalized spacial score (nSPS) is 12.7. The van der Waals surface area contributed by atoms with E-state index >= 15 is 0 Å². The molecule has 5 nitrogen and oxygen atoms in total. The number of hydrogen-bond acceptors (Lipinski definition) is 4. The Morgan fingerprint density at radius 1 is 1.86 bits per heavy atom. The van der Waals surface area contributed by atoms with Gasteiger partial charge in [0.1, 0.15) is 6.04 Å². The maximum Gasteiger partial charge on any atom is 0.321 e. The van der Waals surface area contributed by atoms with Crippen LogP contribution in [0.2, 0.25) is 0 Å². The van der Waals surface area contributed by atoms with Crippen LogP contribution < -0.4 is 5.73 Å². The third-order valence-corrected chi connectivity index (χ3v) is 2.77. The maximum atomic E-state index is 10.4. The number of nitrogens with zero attached hydrogens (tertiary/aromatic N) is 2. The van der Waals surface area contributed by atoms with Crippen LogP contribution >= 0.6 is 11.8 Å². The number of aryl methyl sites for hydroxylation is 1. The SMILES string of the molecule is Cn1cc(CSC[C@@H](N)C(=O)O)cn1. The number of rotatable bonds is 5. The molecule has 0 spiro atoms. The average molecular weight is 215 g/mol. The molecular weight excluding hydrogens is 202 g/mol. The summed E-state index contributed by atoms with van der Waals surface area (Å²) in [6, 6.07) is -0.781. The molecule has 3 N–H and O–H groups in total. The lowest BCUT2D eigenvalue weighted by Gasteiger charge is -2.04. The number of carboxylic acids is 1. The van der Waals surface area contributed by atoms with Crippen LogP contribution in [-0.2, 0) is 17.6 Å². The maximum absolute atomic E-state index is 10.4. The molecule has 0 unspecified atom stereocenters. The van der Waals surface area contributed by atoms with Crippen molar-refractivity contribution in [3.05, 3.63) is 18.0 Å². The topological polar surface area (TPSA) is 81.1 Å². The molecule has 0 bridgehead atoms. The van der Waals surface area contributed by atoms with Crippen molar-refractivity contribution in [2.45, 2.75) is 11.8 Å². The Balaban J connectivity index is 2.25. The summed E-state index contributed by atoms with van der Waals surface area (Å²) in [5.74, 6) is 0.211. The van der Waals surface area contributed by atoms with Crippen LogP contribution in [0.25, 0.3) is 0 Å². The molecule has 0 fully saturated rings. The highest BCUT2D eigenvalue weighted by Gasteiger charge is 2.10. The molecular formula is C8H13N3O2S. The summed E-state index contributed by atoms with van der Waals surface area (Å²) in [5.41, 5.74) is 6.42. The first-order valence-electron chi connectivity index (χ1n) is 4.13. The van der Waals surface area contributed by atoms with Gasteiger partial charge in [-0.15, -0.1) is 0 Å². The van der Waals surface area contributed by atoms with Crippen molar-refractivity contribution in [1.82, 2.24) is 9.78 Å². The number of carbonyl (C=O) groups is 1. The van der Waals surface area contributed by atoms with Gasteiger partial charge in [-0.3, -0.25) is 9.48 Å². The van der Waals surface area contributed by atoms with Crippen LogP contribution in [0.5, 0.6) is 0 Å². The monoisotopic (exact) mass is 215 g/mol. The number of nitrogens with two attached hydrogens (primary N) is 1. The molecule has 1 heterocycles. The zero-order valence-corrected chi connectivity index (χ0v) is 8.70. The molecule has 0 aliphatic rings. The Labute approximate surface area is 86.3 Å². The Morgan fingerprint density at radius 2 is 2.57 bits per heavy atom. The zero-order chi connectivity index (χ0) is 10.6. The first-order chi connectivity index (χ1) is 6.59. The van der Waals surface area contributed by atoms with E-state index in [1.165, 1.54) is 11.8 Å². The summed E-state index contributed by atoms with van der Waals surface area (Å²) in [5, 5.41) is 12.5. The molecule has 0 aromatic carbocycles. The van der Waals surface area contributed by atoms with Gasteiger partial charge in [-0.05, 0) is 5.56 Å². The lowest BCUT2D eigenvalue weighted by Crippen LogP contribution is -2.32. The second-order valence-corrected chi connectivity index (χ2v) is 4.01. The predicted molar refractivity (Wildman–Crippen MR) is 55.0 cm³/mol.